The molecule has 254 valence electrons. The maximum absolute atomic E-state index is 6.04. The van der Waals surface area contributed by atoms with Crippen LogP contribution in [0.25, 0.3) is 0 Å². The van der Waals surface area contributed by atoms with E-state index in [4.69, 9.17) is 31.0 Å². The molecule has 0 heterocycles. The number of nitrogens with one attached hydrogen (secondary N) is 2. The highest BCUT2D eigenvalue weighted by Gasteiger charge is 2.39. The van der Waals surface area contributed by atoms with Crippen molar-refractivity contribution in [3.63, 3.8) is 0 Å². The fourth-order valence-electron chi connectivity index (χ4n) is 5.46. The van der Waals surface area contributed by atoms with Gasteiger partial charge in [-0.15, -0.1) is 0 Å². The third kappa shape index (κ3) is 20.5. The van der Waals surface area contributed by atoms with E-state index >= 15 is 0 Å². The Bertz CT molecular complexity index is 555. The Hall–Kier alpha value is 0.508. The third-order valence-corrected chi connectivity index (χ3v) is 18.6. The number of hydrogen-bond acceptors (Lipinski definition) is 9. The largest absolute Gasteiger partial charge is 0.500 e. The van der Waals surface area contributed by atoms with Gasteiger partial charge in [-0.3, -0.25) is 0 Å². The molecule has 0 spiro atoms. The molecule has 0 saturated carbocycles. The summed E-state index contributed by atoms with van der Waals surface area (Å²) >= 11 is 0. The Kier molecular flexibility index (Phi) is 27.0. The van der Waals surface area contributed by atoms with Gasteiger partial charge in [-0.1, -0.05) is 25.3 Å². The van der Waals surface area contributed by atoms with E-state index in [0.717, 1.165) is 76.9 Å². The summed E-state index contributed by atoms with van der Waals surface area (Å²) in [5, 5.41) is 7.71. The van der Waals surface area contributed by atoms with Gasteiger partial charge in [0.15, 0.2) is 0 Å². The fourth-order valence-corrected chi connectivity index (χ4v) is 14.8. The lowest BCUT2D eigenvalue weighted by molar-refractivity contribution is 0.0706. The zero-order chi connectivity index (χ0) is 31.6. The van der Waals surface area contributed by atoms with Gasteiger partial charge in [-0.05, 0) is 106 Å². The average molecular weight is 671 g/mol. The summed E-state index contributed by atoms with van der Waals surface area (Å²) < 4.78 is 42.2. The summed E-state index contributed by atoms with van der Waals surface area (Å²) in [6, 6.07) is 4.31. The molecule has 0 fully saturated rings. The predicted octanol–water partition coefficient (Wildman–Crippen LogP) is 5.72. The van der Waals surface area contributed by atoms with Crippen molar-refractivity contribution in [2.45, 2.75) is 130 Å². The molecule has 0 bridgehead atoms. The molecular formula is C29H70N2O7Si4. The molecule has 0 aromatic heterocycles. The Morgan fingerprint density at radius 1 is 0.476 bits per heavy atom. The average Bonchev–Trinajstić information content (AvgIpc) is 2.93. The summed E-state index contributed by atoms with van der Waals surface area (Å²) in [5.74, 6) is 0.443. The van der Waals surface area contributed by atoms with Crippen molar-refractivity contribution in [2.24, 2.45) is 0 Å². The molecule has 0 aromatic rings. The molecule has 0 unspecified atom stereocenters. The first-order chi connectivity index (χ1) is 20.2. The zero-order valence-corrected chi connectivity index (χ0v) is 33.5. The van der Waals surface area contributed by atoms with Gasteiger partial charge in [-0.25, -0.2) is 0 Å². The molecule has 2 N–H and O–H groups in total. The molecule has 0 aliphatic heterocycles. The molecule has 0 aromatic carbocycles. The van der Waals surface area contributed by atoms with E-state index in [2.05, 4.69) is 51.4 Å². The molecule has 0 amide bonds. The molecule has 9 nitrogen and oxygen atoms in total. The van der Waals surface area contributed by atoms with Crippen molar-refractivity contribution in [1.29, 1.82) is 0 Å². The zero-order valence-electron chi connectivity index (χ0n) is 29.1. The van der Waals surface area contributed by atoms with E-state index in [1.54, 1.807) is 0 Å². The lowest BCUT2D eigenvalue weighted by Gasteiger charge is -2.28. The summed E-state index contributed by atoms with van der Waals surface area (Å²) in [4.78, 5) is 0. The lowest BCUT2D eigenvalue weighted by atomic mass is 10.2. The van der Waals surface area contributed by atoms with E-state index in [1.165, 1.54) is 25.3 Å². The minimum Gasteiger partial charge on any atom is -0.395 e. The van der Waals surface area contributed by atoms with Crippen molar-refractivity contribution in [1.82, 2.24) is 10.6 Å². The maximum Gasteiger partial charge on any atom is 0.500 e. The minimum absolute atomic E-state index is 0.313. The molecule has 42 heavy (non-hydrogen) atoms. The van der Waals surface area contributed by atoms with Crippen molar-refractivity contribution < 1.29 is 31.0 Å². The number of hydrogen-bond donors (Lipinski definition) is 2. The van der Waals surface area contributed by atoms with Crippen molar-refractivity contribution in [2.75, 3.05) is 59.3 Å². The van der Waals surface area contributed by atoms with E-state index in [9.17, 15) is 0 Å². The monoisotopic (exact) mass is 670 g/mol. The summed E-state index contributed by atoms with van der Waals surface area (Å²) in [6.07, 6.45) is 7.03. The highest BCUT2D eigenvalue weighted by Crippen LogP contribution is 2.21. The third-order valence-electron chi connectivity index (χ3n) is 7.26. The molecule has 0 saturated heterocycles. The highest BCUT2D eigenvalue weighted by atomic mass is 28.4. The minimum atomic E-state index is -2.51. The van der Waals surface area contributed by atoms with Crippen molar-refractivity contribution >= 4 is 35.4 Å². The van der Waals surface area contributed by atoms with Gasteiger partial charge in [-0.2, -0.15) is 0 Å². The van der Waals surface area contributed by atoms with Crippen LogP contribution in [-0.2, 0) is 31.0 Å². The van der Waals surface area contributed by atoms with Crippen LogP contribution in [0, 0.1) is 0 Å². The van der Waals surface area contributed by atoms with E-state index < -0.39 is 25.9 Å². The Balaban J connectivity index is 4.74. The number of unbranched alkanes of at least 4 members (excludes halogenated alkanes) is 3. The summed E-state index contributed by atoms with van der Waals surface area (Å²) in [6.45, 7) is 25.6. The van der Waals surface area contributed by atoms with Gasteiger partial charge in [0.2, 0.25) is 0 Å². The van der Waals surface area contributed by atoms with Gasteiger partial charge in [0, 0.05) is 58.1 Å². The smallest absolute Gasteiger partial charge is 0.395 e. The second-order valence-corrected chi connectivity index (χ2v) is 22.5. The first kappa shape index (κ1) is 42.5. The van der Waals surface area contributed by atoms with Crippen LogP contribution in [0.5, 0.6) is 0 Å². The SMILES string of the molecule is CCO[Si](C)(CCCNC(NCCC[Si](C)(OCC)OCC)[SiH2]CCCCCC[Si](OCC)(OCC)OCC)OCC. The van der Waals surface area contributed by atoms with E-state index in [0.29, 0.717) is 25.6 Å². The highest BCUT2D eigenvalue weighted by molar-refractivity contribution is 6.66. The number of rotatable bonds is 32. The van der Waals surface area contributed by atoms with Gasteiger partial charge >= 0.3 is 25.9 Å². The van der Waals surface area contributed by atoms with Gasteiger partial charge in [0.1, 0.15) is 0 Å². The Labute approximate surface area is 265 Å². The standard InChI is InChI=1S/C29H70N2O7Si4/c1-10-32-40(8,33-11-2)26-21-23-30-29(31-24-22-27-41(9,34-12-3)35-13-4)39-25-19-17-18-20-28-42(36-14-5,37-15-6)38-16-7/h29-31H,10-28,39H2,1-9H3. The van der Waals surface area contributed by atoms with Gasteiger partial charge < -0.3 is 41.6 Å². The summed E-state index contributed by atoms with van der Waals surface area (Å²) in [7, 11) is -6.94. The van der Waals surface area contributed by atoms with Crippen LogP contribution in [0.2, 0.25) is 37.3 Å². The van der Waals surface area contributed by atoms with Crippen LogP contribution < -0.4 is 10.6 Å². The van der Waals surface area contributed by atoms with Crippen LogP contribution in [0.1, 0.15) is 87.0 Å². The maximum atomic E-state index is 6.04. The Morgan fingerprint density at radius 3 is 1.24 bits per heavy atom. The Morgan fingerprint density at radius 2 is 0.857 bits per heavy atom. The molecule has 0 aliphatic rings. The van der Waals surface area contributed by atoms with Gasteiger partial charge in [0.05, 0.1) is 9.52 Å². The second-order valence-electron chi connectivity index (χ2n) is 11.0. The van der Waals surface area contributed by atoms with Crippen LogP contribution in [0.4, 0.5) is 0 Å². The fraction of sp³-hybridized carbons (Fsp3) is 1.00. The normalized spacial score (nSPS) is 13.3. The van der Waals surface area contributed by atoms with Crippen LogP contribution in [0.15, 0.2) is 0 Å². The van der Waals surface area contributed by atoms with Crippen molar-refractivity contribution in [3.05, 3.63) is 0 Å². The molecule has 13 heteroatoms. The molecular weight excluding hydrogens is 601 g/mol. The molecule has 0 rings (SSSR count). The summed E-state index contributed by atoms with van der Waals surface area (Å²) in [5.41, 5.74) is 0. The topological polar surface area (TPSA) is 88.7 Å². The lowest BCUT2D eigenvalue weighted by Crippen LogP contribution is -2.48. The van der Waals surface area contributed by atoms with Crippen molar-refractivity contribution in [3.8, 4) is 0 Å². The predicted molar refractivity (Wildman–Crippen MR) is 186 cm³/mol. The second kappa shape index (κ2) is 26.7. The molecule has 0 aliphatic carbocycles. The first-order valence-corrected chi connectivity index (χ1v) is 25.9. The first-order valence-electron chi connectivity index (χ1n) is 17.2. The van der Waals surface area contributed by atoms with Crippen LogP contribution in [-0.4, -0.2) is 101 Å². The van der Waals surface area contributed by atoms with Crippen LogP contribution >= 0.6 is 0 Å². The van der Waals surface area contributed by atoms with Crippen LogP contribution in [0.3, 0.4) is 0 Å². The van der Waals surface area contributed by atoms with Gasteiger partial charge in [0.25, 0.3) is 0 Å². The quantitative estimate of drug-likeness (QED) is 0.0531. The van der Waals surface area contributed by atoms with E-state index in [-0.39, 0.29) is 9.52 Å². The molecule has 0 atom stereocenters. The molecule has 0 radical (unpaired) electrons. The van der Waals surface area contributed by atoms with E-state index in [1.807, 2.05) is 20.8 Å².